The average Bonchev–Trinajstić information content (AvgIpc) is 2.97. The van der Waals surface area contributed by atoms with Gasteiger partial charge >= 0.3 is 6.18 Å². The third kappa shape index (κ3) is 7.00. The van der Waals surface area contributed by atoms with Gasteiger partial charge in [-0.2, -0.15) is 13.2 Å². The fraction of sp³-hybridized carbons (Fsp3) is 0.818. The van der Waals surface area contributed by atoms with Crippen LogP contribution in [0.15, 0.2) is 0 Å². The van der Waals surface area contributed by atoms with Gasteiger partial charge in [0.1, 0.15) is 6.54 Å². The summed E-state index contributed by atoms with van der Waals surface area (Å²) in [4.78, 5) is 24.9. The largest absolute Gasteiger partial charge is 0.406 e. The minimum atomic E-state index is -4.41. The number of nitrogens with zero attached hydrogens (tertiary/aromatic N) is 2. The van der Waals surface area contributed by atoms with Gasteiger partial charge in [0.2, 0.25) is 11.8 Å². The molecular formula is C11H18F3N3O2. The van der Waals surface area contributed by atoms with Crippen molar-refractivity contribution in [2.45, 2.75) is 25.1 Å². The van der Waals surface area contributed by atoms with Crippen LogP contribution in [0.4, 0.5) is 13.2 Å². The van der Waals surface area contributed by atoms with Gasteiger partial charge in [-0.05, 0) is 19.9 Å². The SMILES string of the molecule is CN(CC(=O)NC1CC1)CC(=O)N(C)CC(F)(F)F. The van der Waals surface area contributed by atoms with E-state index >= 15 is 0 Å². The molecule has 0 aromatic heterocycles. The summed E-state index contributed by atoms with van der Waals surface area (Å²) in [7, 11) is 2.61. The lowest BCUT2D eigenvalue weighted by atomic mass is 10.4. The highest BCUT2D eigenvalue weighted by molar-refractivity contribution is 5.81. The molecule has 2 amide bonds. The molecule has 1 aliphatic carbocycles. The van der Waals surface area contributed by atoms with Crippen LogP contribution in [0.25, 0.3) is 0 Å². The molecular weight excluding hydrogens is 263 g/mol. The van der Waals surface area contributed by atoms with Crippen molar-refractivity contribution in [2.24, 2.45) is 0 Å². The van der Waals surface area contributed by atoms with Crippen LogP contribution in [0.1, 0.15) is 12.8 Å². The predicted molar refractivity (Wildman–Crippen MR) is 62.4 cm³/mol. The van der Waals surface area contributed by atoms with Crippen molar-refractivity contribution in [3.8, 4) is 0 Å². The number of nitrogens with one attached hydrogen (secondary N) is 1. The highest BCUT2D eigenvalue weighted by Crippen LogP contribution is 2.18. The Labute approximate surface area is 109 Å². The van der Waals surface area contributed by atoms with E-state index in [0.29, 0.717) is 4.90 Å². The molecule has 0 radical (unpaired) electrons. The molecule has 0 unspecified atom stereocenters. The second-order valence-electron chi connectivity index (χ2n) is 4.88. The maximum absolute atomic E-state index is 12.1. The molecule has 1 fully saturated rings. The Hall–Kier alpha value is -1.31. The summed E-state index contributed by atoms with van der Waals surface area (Å²) in [6, 6.07) is 0.226. The van der Waals surface area contributed by atoms with Crippen LogP contribution >= 0.6 is 0 Å². The number of likely N-dealkylation sites (N-methyl/N-ethyl adjacent to an activating group) is 2. The van der Waals surface area contributed by atoms with Gasteiger partial charge in [0.25, 0.3) is 0 Å². The van der Waals surface area contributed by atoms with Crippen LogP contribution in [0.3, 0.4) is 0 Å². The van der Waals surface area contributed by atoms with Gasteiger partial charge < -0.3 is 10.2 Å². The lowest BCUT2D eigenvalue weighted by Crippen LogP contribution is -2.44. The quantitative estimate of drug-likeness (QED) is 0.757. The Kier molecular flexibility index (Phi) is 5.16. The molecule has 0 aromatic carbocycles. The van der Waals surface area contributed by atoms with E-state index in [4.69, 9.17) is 0 Å². The number of carbonyl (C=O) groups excluding carboxylic acids is 2. The van der Waals surface area contributed by atoms with Crippen molar-refractivity contribution >= 4 is 11.8 Å². The number of amides is 2. The Morgan fingerprint density at radius 2 is 1.79 bits per heavy atom. The van der Waals surface area contributed by atoms with Gasteiger partial charge in [-0.25, -0.2) is 0 Å². The highest BCUT2D eigenvalue weighted by Gasteiger charge is 2.31. The van der Waals surface area contributed by atoms with E-state index < -0.39 is 18.6 Å². The van der Waals surface area contributed by atoms with E-state index in [0.717, 1.165) is 19.9 Å². The molecule has 1 saturated carbocycles. The first-order chi connectivity index (χ1) is 8.67. The minimum Gasteiger partial charge on any atom is -0.352 e. The fourth-order valence-corrected chi connectivity index (χ4v) is 1.51. The van der Waals surface area contributed by atoms with Gasteiger partial charge in [-0.15, -0.1) is 0 Å². The van der Waals surface area contributed by atoms with Gasteiger partial charge in [0.05, 0.1) is 13.1 Å². The number of rotatable bonds is 6. The normalized spacial score (nSPS) is 15.5. The summed E-state index contributed by atoms with van der Waals surface area (Å²) in [5, 5.41) is 2.74. The molecule has 1 rings (SSSR count). The topological polar surface area (TPSA) is 52.7 Å². The van der Waals surface area contributed by atoms with Crippen LogP contribution in [0.2, 0.25) is 0 Å². The number of carbonyl (C=O) groups is 2. The zero-order valence-electron chi connectivity index (χ0n) is 11.0. The molecule has 1 N–H and O–H groups in total. The molecule has 0 atom stereocenters. The number of alkyl halides is 3. The standard InChI is InChI=1S/C11H18F3N3O2/c1-16(5-9(18)15-8-3-4-8)6-10(19)17(2)7-11(12,13)14/h8H,3-7H2,1-2H3,(H,15,18). The smallest absolute Gasteiger partial charge is 0.352 e. The maximum atomic E-state index is 12.1. The summed E-state index contributed by atoms with van der Waals surface area (Å²) in [6.45, 7) is -1.50. The van der Waals surface area contributed by atoms with Crippen molar-refractivity contribution < 1.29 is 22.8 Å². The molecule has 0 bridgehead atoms. The molecule has 8 heteroatoms. The first kappa shape index (κ1) is 15.7. The lowest BCUT2D eigenvalue weighted by Gasteiger charge is -2.22. The summed E-state index contributed by atoms with van der Waals surface area (Å²) in [5.41, 5.74) is 0. The minimum absolute atomic E-state index is 0.00208. The first-order valence-electron chi connectivity index (χ1n) is 5.96. The number of halogens is 3. The van der Waals surface area contributed by atoms with Crippen LogP contribution in [0, 0.1) is 0 Å². The Balaban J connectivity index is 2.27. The number of hydrogen-bond acceptors (Lipinski definition) is 3. The predicted octanol–water partition coefficient (Wildman–Crippen LogP) is 0.217. The van der Waals surface area contributed by atoms with Gasteiger partial charge in [-0.3, -0.25) is 14.5 Å². The van der Waals surface area contributed by atoms with Crippen LogP contribution in [0.5, 0.6) is 0 Å². The van der Waals surface area contributed by atoms with E-state index in [2.05, 4.69) is 5.32 Å². The zero-order valence-corrected chi connectivity index (χ0v) is 11.0. The van der Waals surface area contributed by atoms with Crippen LogP contribution < -0.4 is 5.32 Å². The summed E-state index contributed by atoms with van der Waals surface area (Å²) in [6.07, 6.45) is -2.49. The van der Waals surface area contributed by atoms with E-state index in [1.165, 1.54) is 11.9 Å². The molecule has 0 spiro atoms. The zero-order chi connectivity index (χ0) is 14.6. The van der Waals surface area contributed by atoms with E-state index in [1.807, 2.05) is 0 Å². The molecule has 0 aromatic rings. The molecule has 19 heavy (non-hydrogen) atoms. The monoisotopic (exact) mass is 281 g/mol. The molecule has 0 heterocycles. The number of hydrogen-bond donors (Lipinski definition) is 1. The van der Waals surface area contributed by atoms with E-state index in [1.54, 1.807) is 0 Å². The molecule has 0 saturated heterocycles. The Bertz CT molecular complexity index is 343. The van der Waals surface area contributed by atoms with E-state index in [9.17, 15) is 22.8 Å². The fourth-order valence-electron chi connectivity index (χ4n) is 1.51. The third-order valence-corrected chi connectivity index (χ3v) is 2.60. The first-order valence-corrected chi connectivity index (χ1v) is 5.96. The summed E-state index contributed by atoms with van der Waals surface area (Å²) >= 11 is 0. The van der Waals surface area contributed by atoms with Crippen molar-refractivity contribution in [3.05, 3.63) is 0 Å². The lowest BCUT2D eigenvalue weighted by molar-refractivity contribution is -0.159. The van der Waals surface area contributed by atoms with Crippen LogP contribution in [-0.2, 0) is 9.59 Å². The third-order valence-electron chi connectivity index (χ3n) is 2.60. The van der Waals surface area contributed by atoms with E-state index in [-0.39, 0.29) is 25.0 Å². The Morgan fingerprint density at radius 3 is 2.26 bits per heavy atom. The molecule has 110 valence electrons. The highest BCUT2D eigenvalue weighted by atomic mass is 19.4. The second kappa shape index (κ2) is 6.23. The van der Waals surface area contributed by atoms with Crippen molar-refractivity contribution in [1.29, 1.82) is 0 Å². The maximum Gasteiger partial charge on any atom is 0.406 e. The Morgan fingerprint density at radius 1 is 1.21 bits per heavy atom. The van der Waals surface area contributed by atoms with Crippen molar-refractivity contribution in [2.75, 3.05) is 33.7 Å². The molecule has 5 nitrogen and oxygen atoms in total. The van der Waals surface area contributed by atoms with Gasteiger partial charge in [0, 0.05) is 13.1 Å². The van der Waals surface area contributed by atoms with Gasteiger partial charge in [-0.1, -0.05) is 0 Å². The average molecular weight is 281 g/mol. The van der Waals surface area contributed by atoms with Gasteiger partial charge in [0.15, 0.2) is 0 Å². The van der Waals surface area contributed by atoms with Crippen molar-refractivity contribution in [1.82, 2.24) is 15.1 Å². The molecule has 1 aliphatic rings. The molecule has 0 aliphatic heterocycles. The van der Waals surface area contributed by atoms with Crippen molar-refractivity contribution in [3.63, 3.8) is 0 Å². The summed E-state index contributed by atoms with van der Waals surface area (Å²) < 4.78 is 36.3. The van der Waals surface area contributed by atoms with Crippen LogP contribution in [-0.4, -0.2) is 67.6 Å². The second-order valence-corrected chi connectivity index (χ2v) is 4.88. The summed E-state index contributed by atoms with van der Waals surface area (Å²) in [5.74, 6) is -0.879.